The number of hydrogen-bond donors (Lipinski definition) is 4. The minimum Gasteiger partial charge on any atom is -0.471 e. The first-order valence-electron chi connectivity index (χ1n) is 13.2. The summed E-state index contributed by atoms with van der Waals surface area (Å²) >= 11 is 0. The number of rotatable bonds is 6. The number of aromatic nitrogens is 2. The lowest BCUT2D eigenvalue weighted by Crippen LogP contribution is -2.48. The number of amides is 2. The molecule has 1 saturated heterocycles. The smallest absolute Gasteiger partial charge is 0.263 e. The Kier molecular flexibility index (Phi) is 7.40. The van der Waals surface area contributed by atoms with Crippen LogP contribution in [0.25, 0.3) is 0 Å². The van der Waals surface area contributed by atoms with Gasteiger partial charge >= 0.3 is 0 Å². The molecule has 0 radical (unpaired) electrons. The van der Waals surface area contributed by atoms with Crippen molar-refractivity contribution in [1.29, 1.82) is 0 Å². The molecule has 2 amide bonds. The van der Waals surface area contributed by atoms with Crippen LogP contribution in [-0.2, 0) is 4.79 Å². The van der Waals surface area contributed by atoms with Crippen molar-refractivity contribution in [2.24, 2.45) is 0 Å². The molecule has 39 heavy (non-hydrogen) atoms. The molecule has 0 saturated carbocycles. The fraction of sp³-hybridized carbons (Fsp3) is 0.357. The van der Waals surface area contributed by atoms with E-state index in [2.05, 4.69) is 30.8 Å². The summed E-state index contributed by atoms with van der Waals surface area (Å²) in [7, 11) is 0. The summed E-state index contributed by atoms with van der Waals surface area (Å²) in [4.78, 5) is 49.0. The van der Waals surface area contributed by atoms with Crippen molar-refractivity contribution >= 4 is 40.3 Å². The third kappa shape index (κ3) is 5.52. The van der Waals surface area contributed by atoms with E-state index < -0.39 is 11.5 Å². The molecular weight excluding hydrogens is 498 g/mol. The number of ether oxygens (including phenoxy) is 1. The summed E-state index contributed by atoms with van der Waals surface area (Å²) in [5.74, 6) is 0.175. The average molecular weight is 532 g/mol. The van der Waals surface area contributed by atoms with Gasteiger partial charge in [0.25, 0.3) is 11.5 Å². The normalized spacial score (nSPS) is 16.5. The minimum absolute atomic E-state index is 0.0157. The van der Waals surface area contributed by atoms with Crippen molar-refractivity contribution in [1.82, 2.24) is 14.9 Å². The van der Waals surface area contributed by atoms with Crippen LogP contribution >= 0.6 is 0 Å². The van der Waals surface area contributed by atoms with Gasteiger partial charge in [-0.1, -0.05) is 6.92 Å². The second kappa shape index (κ2) is 11.1. The van der Waals surface area contributed by atoms with Crippen molar-refractivity contribution in [2.75, 3.05) is 53.6 Å². The molecule has 4 N–H and O–H groups in total. The Hall–Kier alpha value is -4.54. The van der Waals surface area contributed by atoms with Gasteiger partial charge in [-0.2, -0.15) is 0 Å². The molecule has 0 spiro atoms. The number of carbonyl (C=O) groups is 2. The lowest BCUT2D eigenvalue weighted by atomic mass is 10.1. The fourth-order valence-electron chi connectivity index (χ4n) is 4.82. The van der Waals surface area contributed by atoms with Crippen molar-refractivity contribution in [3.8, 4) is 5.88 Å². The van der Waals surface area contributed by atoms with E-state index in [1.807, 2.05) is 49.9 Å². The Morgan fingerprint density at radius 3 is 2.56 bits per heavy atom. The van der Waals surface area contributed by atoms with Gasteiger partial charge in [-0.15, -0.1) is 0 Å². The fourth-order valence-corrected chi connectivity index (χ4v) is 4.82. The topological polar surface area (TPSA) is 132 Å². The molecule has 2 aliphatic heterocycles. The highest BCUT2D eigenvalue weighted by Gasteiger charge is 2.23. The molecule has 11 nitrogen and oxygen atoms in total. The summed E-state index contributed by atoms with van der Waals surface area (Å²) in [5, 5.41) is 9.37. The molecule has 0 aliphatic carbocycles. The molecule has 5 rings (SSSR count). The number of benzene rings is 1. The van der Waals surface area contributed by atoms with Crippen LogP contribution in [0.15, 0.2) is 47.5 Å². The van der Waals surface area contributed by atoms with Gasteiger partial charge in [0.15, 0.2) is 0 Å². The molecule has 1 fully saturated rings. The van der Waals surface area contributed by atoms with Crippen LogP contribution in [0, 0.1) is 6.92 Å². The van der Waals surface area contributed by atoms with Crippen LogP contribution in [0.2, 0.25) is 0 Å². The quantitative estimate of drug-likeness (QED) is 0.381. The van der Waals surface area contributed by atoms with E-state index in [4.69, 9.17) is 4.74 Å². The molecule has 2 aromatic heterocycles. The summed E-state index contributed by atoms with van der Waals surface area (Å²) in [6.07, 6.45) is 3.66. The van der Waals surface area contributed by atoms with Crippen molar-refractivity contribution in [3.63, 3.8) is 0 Å². The predicted octanol–water partition coefficient (Wildman–Crippen LogP) is 3.33. The van der Waals surface area contributed by atoms with Gasteiger partial charge < -0.3 is 35.5 Å². The molecule has 11 heteroatoms. The second-order valence-corrected chi connectivity index (χ2v) is 9.73. The SMILES string of the molecule is CCC(=O)N1CCN(c2ccc(NC(=O)c3c(Nc4cnc5c(c4C)NCC(C)O5)cc[nH]c3=O)cc2)CC1. The number of fused-ring (bicyclic) bond motifs is 1. The summed E-state index contributed by atoms with van der Waals surface area (Å²) in [6, 6.07) is 9.13. The van der Waals surface area contributed by atoms with Crippen LogP contribution in [-0.4, -0.2) is 65.5 Å². The van der Waals surface area contributed by atoms with E-state index >= 15 is 0 Å². The Balaban J connectivity index is 1.29. The highest BCUT2D eigenvalue weighted by Crippen LogP contribution is 2.35. The number of piperazine rings is 1. The number of nitrogens with one attached hydrogen (secondary N) is 4. The van der Waals surface area contributed by atoms with E-state index in [9.17, 15) is 14.4 Å². The number of carbonyl (C=O) groups excluding carboxylic acids is 2. The molecule has 4 heterocycles. The first-order chi connectivity index (χ1) is 18.8. The molecule has 3 aromatic rings. The Morgan fingerprint density at radius 2 is 1.85 bits per heavy atom. The van der Waals surface area contributed by atoms with Crippen molar-refractivity contribution in [2.45, 2.75) is 33.3 Å². The van der Waals surface area contributed by atoms with E-state index in [0.29, 0.717) is 49.0 Å². The van der Waals surface area contributed by atoms with E-state index in [1.165, 1.54) is 6.20 Å². The average Bonchev–Trinajstić information content (AvgIpc) is 2.94. The van der Waals surface area contributed by atoms with E-state index in [0.717, 1.165) is 30.0 Å². The molecule has 0 bridgehead atoms. The van der Waals surface area contributed by atoms with Crippen LogP contribution in [0.5, 0.6) is 5.88 Å². The molecule has 204 valence electrons. The molecule has 2 aliphatic rings. The van der Waals surface area contributed by atoms with Gasteiger partial charge in [0.1, 0.15) is 17.4 Å². The molecule has 1 atom stereocenters. The van der Waals surface area contributed by atoms with Gasteiger partial charge in [-0.3, -0.25) is 14.4 Å². The number of H-pyrrole nitrogens is 1. The number of nitrogens with zero attached hydrogens (tertiary/aromatic N) is 3. The highest BCUT2D eigenvalue weighted by atomic mass is 16.5. The Bertz CT molecular complexity index is 1430. The number of aromatic amines is 1. The lowest BCUT2D eigenvalue weighted by Gasteiger charge is -2.36. The third-order valence-corrected chi connectivity index (χ3v) is 7.07. The maximum absolute atomic E-state index is 13.2. The highest BCUT2D eigenvalue weighted by molar-refractivity contribution is 6.08. The van der Waals surface area contributed by atoms with E-state index in [-0.39, 0.29) is 17.6 Å². The summed E-state index contributed by atoms with van der Waals surface area (Å²) in [5.41, 5.74) is 3.72. The Morgan fingerprint density at radius 1 is 1.10 bits per heavy atom. The standard InChI is InChI=1S/C28H33N7O4/c1-4-23(36)35-13-11-34(12-14-35)20-7-5-19(6-8-20)32-27(38)24-21(9-10-29-26(24)37)33-22-16-31-28-25(18(22)3)30-15-17(2)39-28/h5-10,16-17,30H,4,11-15H2,1-3H3,(H,32,38)(H2,29,33,37). The monoisotopic (exact) mass is 531 g/mol. The van der Waals surface area contributed by atoms with Gasteiger partial charge in [-0.25, -0.2) is 4.98 Å². The van der Waals surface area contributed by atoms with Crippen LogP contribution < -0.4 is 31.1 Å². The maximum atomic E-state index is 13.2. The van der Waals surface area contributed by atoms with Crippen LogP contribution in [0.4, 0.5) is 28.4 Å². The number of pyridine rings is 2. The first-order valence-corrected chi connectivity index (χ1v) is 13.2. The van der Waals surface area contributed by atoms with Crippen LogP contribution in [0.1, 0.15) is 36.2 Å². The zero-order valence-corrected chi connectivity index (χ0v) is 22.3. The zero-order valence-electron chi connectivity index (χ0n) is 22.3. The minimum atomic E-state index is -0.530. The largest absolute Gasteiger partial charge is 0.471 e. The van der Waals surface area contributed by atoms with Crippen molar-refractivity contribution in [3.05, 3.63) is 64.2 Å². The van der Waals surface area contributed by atoms with Gasteiger partial charge in [0, 0.05) is 55.7 Å². The lowest BCUT2D eigenvalue weighted by molar-refractivity contribution is -0.131. The van der Waals surface area contributed by atoms with Gasteiger partial charge in [0.2, 0.25) is 11.8 Å². The van der Waals surface area contributed by atoms with Gasteiger partial charge in [-0.05, 0) is 44.2 Å². The maximum Gasteiger partial charge on any atom is 0.263 e. The molecule has 1 aromatic carbocycles. The first kappa shape index (κ1) is 26.1. The van der Waals surface area contributed by atoms with Crippen LogP contribution in [0.3, 0.4) is 0 Å². The number of hydrogen-bond acceptors (Lipinski definition) is 8. The zero-order chi connectivity index (χ0) is 27.5. The van der Waals surface area contributed by atoms with Crippen molar-refractivity contribution < 1.29 is 14.3 Å². The van der Waals surface area contributed by atoms with E-state index in [1.54, 1.807) is 12.3 Å². The summed E-state index contributed by atoms with van der Waals surface area (Å²) < 4.78 is 5.79. The third-order valence-electron chi connectivity index (χ3n) is 7.07. The predicted molar refractivity (Wildman–Crippen MR) is 151 cm³/mol. The number of anilines is 5. The van der Waals surface area contributed by atoms with Gasteiger partial charge in [0.05, 0.1) is 24.1 Å². The molecule has 1 unspecified atom stereocenters. The second-order valence-electron chi connectivity index (χ2n) is 9.73. The molecular formula is C28H33N7O4. The summed E-state index contributed by atoms with van der Waals surface area (Å²) in [6.45, 7) is 9.32. The Labute approximate surface area is 226 Å².